The summed E-state index contributed by atoms with van der Waals surface area (Å²) in [5.74, 6) is 0.199. The second-order valence-electron chi connectivity index (χ2n) is 7.31. The van der Waals surface area contributed by atoms with Crippen LogP contribution in [0.5, 0.6) is 0 Å². The lowest BCUT2D eigenvalue weighted by Gasteiger charge is -2.26. The third-order valence-electron chi connectivity index (χ3n) is 5.28. The van der Waals surface area contributed by atoms with Gasteiger partial charge >= 0.3 is 10.2 Å². The molecule has 0 bridgehead atoms. The Kier molecular flexibility index (Phi) is 7.02. The Balaban J connectivity index is 1.66. The summed E-state index contributed by atoms with van der Waals surface area (Å²) in [7, 11) is -2.24. The number of anilines is 1. The van der Waals surface area contributed by atoms with E-state index in [0.717, 1.165) is 5.56 Å². The van der Waals surface area contributed by atoms with Gasteiger partial charge in [-0.05, 0) is 23.8 Å². The van der Waals surface area contributed by atoms with E-state index in [1.807, 2.05) is 30.3 Å². The summed E-state index contributed by atoms with van der Waals surface area (Å²) in [5.41, 5.74) is 2.21. The number of halogens is 2. The van der Waals surface area contributed by atoms with E-state index < -0.39 is 10.2 Å². The predicted molar refractivity (Wildman–Crippen MR) is 128 cm³/mol. The third kappa shape index (κ3) is 4.92. The number of aliphatic imine (C=N–C) groups is 1. The molecule has 1 N–H and O–H groups in total. The fraction of sp³-hybridized carbons (Fsp3) is 0.333. The lowest BCUT2D eigenvalue weighted by molar-refractivity contribution is 0.0728. The first-order valence-corrected chi connectivity index (χ1v) is 12.3. The van der Waals surface area contributed by atoms with Gasteiger partial charge in [-0.1, -0.05) is 53.5 Å². The summed E-state index contributed by atoms with van der Waals surface area (Å²) in [5, 5.41) is 7.49. The Bertz CT molecular complexity index is 1140. The summed E-state index contributed by atoms with van der Waals surface area (Å²) in [6.07, 6.45) is 0.446. The molecule has 2 aliphatic heterocycles. The van der Waals surface area contributed by atoms with Crippen LogP contribution in [0.3, 0.4) is 0 Å². The maximum Gasteiger partial charge on any atom is 0.303 e. The molecule has 2 aromatic rings. The maximum absolute atomic E-state index is 12.9. The van der Waals surface area contributed by atoms with Crippen molar-refractivity contribution in [3.8, 4) is 0 Å². The monoisotopic (exact) mass is 495 g/mol. The number of benzene rings is 2. The van der Waals surface area contributed by atoms with Crippen molar-refractivity contribution in [2.75, 3.05) is 38.4 Å². The minimum Gasteiger partial charge on any atom is -0.379 e. The highest BCUT2D eigenvalue weighted by molar-refractivity contribution is 7.87. The number of morpholine rings is 1. The first-order chi connectivity index (χ1) is 15.4. The SMILES string of the molecule is CN=C(NS(=O)(=O)N1CCOCC1)C1=NN(c2ccc(Cl)cc2Cl)C(c2ccccc2)C1. The molecule has 170 valence electrons. The number of hydrogen-bond donors (Lipinski definition) is 1. The summed E-state index contributed by atoms with van der Waals surface area (Å²) in [6, 6.07) is 14.9. The first kappa shape index (κ1) is 23.0. The molecule has 2 heterocycles. The molecule has 1 fully saturated rings. The van der Waals surface area contributed by atoms with Crippen LogP contribution in [0.25, 0.3) is 0 Å². The van der Waals surface area contributed by atoms with Crippen LogP contribution < -0.4 is 9.73 Å². The largest absolute Gasteiger partial charge is 0.379 e. The molecule has 2 aromatic carbocycles. The van der Waals surface area contributed by atoms with Crippen LogP contribution in [0.4, 0.5) is 5.69 Å². The average molecular weight is 496 g/mol. The van der Waals surface area contributed by atoms with Gasteiger partial charge in [-0.15, -0.1) is 0 Å². The number of hydrogen-bond acceptors (Lipinski definition) is 6. The molecule has 4 rings (SSSR count). The van der Waals surface area contributed by atoms with Crippen molar-refractivity contribution >= 4 is 50.6 Å². The van der Waals surface area contributed by atoms with Gasteiger partial charge in [0, 0.05) is 31.6 Å². The molecule has 0 aliphatic carbocycles. The van der Waals surface area contributed by atoms with Gasteiger partial charge in [0.1, 0.15) is 5.71 Å². The lowest BCUT2D eigenvalue weighted by atomic mass is 10.0. The van der Waals surface area contributed by atoms with E-state index in [4.69, 9.17) is 33.0 Å². The normalized spacial score (nSPS) is 20.3. The van der Waals surface area contributed by atoms with Gasteiger partial charge in [0.05, 0.1) is 30.0 Å². The molecule has 0 radical (unpaired) electrons. The fourth-order valence-corrected chi connectivity index (χ4v) is 5.39. The zero-order valence-electron chi connectivity index (χ0n) is 17.4. The quantitative estimate of drug-likeness (QED) is 0.507. The Morgan fingerprint density at radius 3 is 2.53 bits per heavy atom. The molecule has 0 amide bonds. The molecule has 11 heteroatoms. The predicted octanol–water partition coefficient (Wildman–Crippen LogP) is 3.50. The standard InChI is InChI=1S/C21H23Cl2N5O3S/c1-24-21(26-32(29,30)27-9-11-31-12-10-27)18-14-20(15-5-3-2-4-6-15)28(25-18)19-8-7-16(22)13-17(19)23/h2-8,13,20H,9-12,14H2,1H3,(H,24,26). The van der Waals surface area contributed by atoms with Crippen molar-refractivity contribution in [1.82, 2.24) is 9.03 Å². The van der Waals surface area contributed by atoms with Crippen LogP contribution >= 0.6 is 23.2 Å². The molecule has 1 saturated heterocycles. The first-order valence-electron chi connectivity index (χ1n) is 10.1. The molecule has 1 unspecified atom stereocenters. The lowest BCUT2D eigenvalue weighted by Crippen LogP contribution is -2.49. The van der Waals surface area contributed by atoms with Crippen molar-refractivity contribution in [1.29, 1.82) is 0 Å². The third-order valence-corrected chi connectivity index (χ3v) is 7.32. The summed E-state index contributed by atoms with van der Waals surface area (Å²) in [6.45, 7) is 1.30. The zero-order valence-corrected chi connectivity index (χ0v) is 19.7. The summed E-state index contributed by atoms with van der Waals surface area (Å²) in [4.78, 5) is 4.20. The molecule has 2 aliphatic rings. The van der Waals surface area contributed by atoms with E-state index in [1.54, 1.807) is 23.2 Å². The second kappa shape index (κ2) is 9.76. The molecule has 1 atom stereocenters. The Hall–Kier alpha value is -2.17. The van der Waals surface area contributed by atoms with E-state index in [2.05, 4.69) is 9.71 Å². The van der Waals surface area contributed by atoms with Crippen LogP contribution in [0, 0.1) is 0 Å². The van der Waals surface area contributed by atoms with Crippen molar-refractivity contribution in [3.05, 3.63) is 64.1 Å². The number of rotatable bonds is 5. The molecule has 32 heavy (non-hydrogen) atoms. The van der Waals surface area contributed by atoms with E-state index >= 15 is 0 Å². The molecular formula is C21H23Cl2N5O3S. The number of ether oxygens (including phenoxy) is 1. The second-order valence-corrected chi connectivity index (χ2v) is 9.82. The van der Waals surface area contributed by atoms with Gasteiger partial charge in [0.2, 0.25) is 0 Å². The molecule has 0 spiro atoms. The fourth-order valence-electron chi connectivity index (χ4n) is 3.68. The van der Waals surface area contributed by atoms with Gasteiger partial charge in [0.15, 0.2) is 5.84 Å². The topological polar surface area (TPSA) is 86.6 Å². The minimum atomic E-state index is -3.78. The molecular weight excluding hydrogens is 473 g/mol. The summed E-state index contributed by atoms with van der Waals surface area (Å²) >= 11 is 12.6. The van der Waals surface area contributed by atoms with Crippen LogP contribution in [0.1, 0.15) is 18.0 Å². The number of amidine groups is 1. The molecule has 0 saturated carbocycles. The molecule has 8 nitrogen and oxygen atoms in total. The highest BCUT2D eigenvalue weighted by Crippen LogP contribution is 2.39. The van der Waals surface area contributed by atoms with Crippen LogP contribution in [0.2, 0.25) is 10.0 Å². The van der Waals surface area contributed by atoms with Crippen LogP contribution in [-0.4, -0.2) is 57.6 Å². The van der Waals surface area contributed by atoms with E-state index in [-0.39, 0.29) is 25.0 Å². The van der Waals surface area contributed by atoms with Crippen molar-refractivity contribution in [2.24, 2.45) is 10.1 Å². The maximum atomic E-state index is 12.9. The van der Waals surface area contributed by atoms with Gasteiger partial charge in [-0.25, -0.2) is 0 Å². The van der Waals surface area contributed by atoms with Crippen molar-refractivity contribution < 1.29 is 13.2 Å². The van der Waals surface area contributed by atoms with Crippen LogP contribution in [0.15, 0.2) is 58.6 Å². The highest BCUT2D eigenvalue weighted by atomic mass is 35.5. The Morgan fingerprint density at radius 2 is 1.88 bits per heavy atom. The van der Waals surface area contributed by atoms with Crippen LogP contribution in [-0.2, 0) is 14.9 Å². The van der Waals surface area contributed by atoms with Crippen molar-refractivity contribution in [3.63, 3.8) is 0 Å². The van der Waals surface area contributed by atoms with Gasteiger partial charge in [-0.3, -0.25) is 14.7 Å². The number of hydrazone groups is 1. The zero-order chi connectivity index (χ0) is 22.7. The van der Waals surface area contributed by atoms with E-state index in [1.165, 1.54) is 11.4 Å². The molecule has 0 aromatic heterocycles. The highest BCUT2D eigenvalue weighted by Gasteiger charge is 2.34. The minimum absolute atomic E-state index is 0.186. The van der Waals surface area contributed by atoms with Gasteiger partial charge in [0.25, 0.3) is 0 Å². The van der Waals surface area contributed by atoms with E-state index in [0.29, 0.717) is 41.1 Å². The Morgan fingerprint density at radius 1 is 1.16 bits per heavy atom. The van der Waals surface area contributed by atoms with E-state index in [9.17, 15) is 8.42 Å². The number of nitrogens with zero attached hydrogens (tertiary/aromatic N) is 4. The average Bonchev–Trinajstić information content (AvgIpc) is 3.23. The van der Waals surface area contributed by atoms with Crippen molar-refractivity contribution in [2.45, 2.75) is 12.5 Å². The summed E-state index contributed by atoms with van der Waals surface area (Å²) < 4.78 is 35.0. The van der Waals surface area contributed by atoms with Gasteiger partial charge in [-0.2, -0.15) is 17.8 Å². The number of nitrogens with one attached hydrogen (secondary N) is 1. The van der Waals surface area contributed by atoms with Gasteiger partial charge < -0.3 is 4.74 Å². The Labute approximate surface area is 197 Å². The smallest absolute Gasteiger partial charge is 0.303 e.